The summed E-state index contributed by atoms with van der Waals surface area (Å²) in [5.74, 6) is -0.313. The molecule has 0 unspecified atom stereocenters. The number of benzene rings is 2. The van der Waals surface area contributed by atoms with Crippen LogP contribution in [0.3, 0.4) is 0 Å². The van der Waals surface area contributed by atoms with Gasteiger partial charge in [-0.1, -0.05) is 41.9 Å². The number of carbonyl (C=O) groups is 1. The van der Waals surface area contributed by atoms with E-state index in [4.69, 9.17) is 16.3 Å². The number of rotatable bonds is 11. The summed E-state index contributed by atoms with van der Waals surface area (Å²) in [4.78, 5) is 14.9. The minimum absolute atomic E-state index is 0.0138. The molecule has 0 heterocycles. The number of sulfonamides is 1. The highest BCUT2D eigenvalue weighted by Crippen LogP contribution is 2.22. The van der Waals surface area contributed by atoms with Gasteiger partial charge >= 0.3 is 0 Å². The van der Waals surface area contributed by atoms with E-state index in [-0.39, 0.29) is 27.4 Å². The molecular formula is C22H29ClN2O4S. The molecule has 0 spiro atoms. The van der Waals surface area contributed by atoms with Gasteiger partial charge in [0.05, 0.1) is 22.1 Å². The second-order valence-electron chi connectivity index (χ2n) is 7.29. The lowest BCUT2D eigenvalue weighted by molar-refractivity contribution is 0.0693. The molecule has 0 aromatic heterocycles. The van der Waals surface area contributed by atoms with Gasteiger partial charge in [0, 0.05) is 26.2 Å². The van der Waals surface area contributed by atoms with E-state index in [1.165, 1.54) is 23.8 Å². The molecule has 2 aromatic rings. The molecule has 164 valence electrons. The number of amides is 1. The van der Waals surface area contributed by atoms with Crippen LogP contribution in [0.5, 0.6) is 0 Å². The van der Waals surface area contributed by atoms with Crippen LogP contribution in [0.2, 0.25) is 5.02 Å². The van der Waals surface area contributed by atoms with Gasteiger partial charge in [-0.25, -0.2) is 13.1 Å². The van der Waals surface area contributed by atoms with Crippen molar-refractivity contribution in [2.75, 3.05) is 26.8 Å². The van der Waals surface area contributed by atoms with Crippen LogP contribution in [0.4, 0.5) is 0 Å². The summed E-state index contributed by atoms with van der Waals surface area (Å²) in [6, 6.07) is 14.0. The topological polar surface area (TPSA) is 75.7 Å². The number of methoxy groups -OCH3 is 1. The van der Waals surface area contributed by atoms with Crippen molar-refractivity contribution < 1.29 is 17.9 Å². The normalized spacial score (nSPS) is 11.6. The maximum Gasteiger partial charge on any atom is 0.255 e. The Labute approximate surface area is 184 Å². The van der Waals surface area contributed by atoms with Crippen molar-refractivity contribution in [3.8, 4) is 0 Å². The lowest BCUT2D eigenvalue weighted by Crippen LogP contribution is -2.35. The molecule has 0 bridgehead atoms. The molecule has 2 rings (SSSR count). The maximum absolute atomic E-state index is 13.2. The largest absolute Gasteiger partial charge is 0.383 e. The summed E-state index contributed by atoms with van der Waals surface area (Å²) in [5, 5.41) is 0.217. The van der Waals surface area contributed by atoms with Crippen molar-refractivity contribution in [1.82, 2.24) is 9.62 Å². The third-order valence-corrected chi connectivity index (χ3v) is 6.44. The van der Waals surface area contributed by atoms with Gasteiger partial charge < -0.3 is 9.64 Å². The molecule has 0 aliphatic rings. The predicted molar refractivity (Wildman–Crippen MR) is 119 cm³/mol. The Morgan fingerprint density at radius 2 is 1.83 bits per heavy atom. The van der Waals surface area contributed by atoms with Crippen LogP contribution < -0.4 is 4.72 Å². The van der Waals surface area contributed by atoms with Crippen molar-refractivity contribution in [1.29, 1.82) is 0 Å². The van der Waals surface area contributed by atoms with Crippen LogP contribution in [0.1, 0.15) is 36.2 Å². The summed E-state index contributed by atoms with van der Waals surface area (Å²) in [5.41, 5.74) is 1.36. The highest BCUT2D eigenvalue weighted by Gasteiger charge is 2.22. The van der Waals surface area contributed by atoms with Crippen molar-refractivity contribution in [2.24, 2.45) is 0 Å². The fraction of sp³-hybridized carbons (Fsp3) is 0.409. The maximum atomic E-state index is 13.2. The number of nitrogens with one attached hydrogen (secondary N) is 1. The molecule has 2 aromatic carbocycles. The number of ether oxygens (including phenoxy) is 1. The number of carbonyl (C=O) groups excluding carboxylic acids is 1. The van der Waals surface area contributed by atoms with Crippen LogP contribution >= 0.6 is 11.6 Å². The van der Waals surface area contributed by atoms with Gasteiger partial charge in [-0.15, -0.1) is 0 Å². The first-order valence-electron chi connectivity index (χ1n) is 9.88. The Kier molecular flexibility index (Phi) is 9.30. The zero-order valence-electron chi connectivity index (χ0n) is 17.6. The summed E-state index contributed by atoms with van der Waals surface area (Å²) in [7, 11) is -2.16. The van der Waals surface area contributed by atoms with Gasteiger partial charge in [-0.3, -0.25) is 4.79 Å². The third kappa shape index (κ3) is 7.09. The standard InChI is InChI=1S/C22H29ClN2O4S/c1-17(2)24-30(27,28)19-11-12-21(23)20(16-19)22(26)25(14-15-29-3)13-7-10-18-8-5-4-6-9-18/h4-6,8-9,11-12,16-17,24H,7,10,13-15H2,1-3H3. The summed E-state index contributed by atoms with van der Waals surface area (Å²) >= 11 is 6.26. The predicted octanol–water partition coefficient (Wildman–Crippen LogP) is 3.75. The lowest BCUT2D eigenvalue weighted by atomic mass is 10.1. The van der Waals surface area contributed by atoms with Gasteiger partial charge in [-0.2, -0.15) is 0 Å². The number of hydrogen-bond donors (Lipinski definition) is 1. The molecule has 30 heavy (non-hydrogen) atoms. The fourth-order valence-corrected chi connectivity index (χ4v) is 4.49. The molecule has 8 heteroatoms. The van der Waals surface area contributed by atoms with Crippen molar-refractivity contribution in [2.45, 2.75) is 37.6 Å². The van der Waals surface area contributed by atoms with Crippen LogP contribution in [0.15, 0.2) is 53.4 Å². The quantitative estimate of drug-likeness (QED) is 0.563. The monoisotopic (exact) mass is 452 g/mol. The van der Waals surface area contributed by atoms with Gasteiger partial charge in [0.25, 0.3) is 5.91 Å². The zero-order chi connectivity index (χ0) is 22.1. The van der Waals surface area contributed by atoms with Crippen LogP contribution in [0.25, 0.3) is 0 Å². The average Bonchev–Trinajstić information content (AvgIpc) is 2.70. The molecule has 0 atom stereocenters. The molecule has 0 radical (unpaired) electrons. The van der Waals surface area contributed by atoms with Crippen molar-refractivity contribution >= 4 is 27.5 Å². The lowest BCUT2D eigenvalue weighted by Gasteiger charge is -2.23. The summed E-state index contributed by atoms with van der Waals surface area (Å²) < 4.78 is 32.7. The van der Waals surface area contributed by atoms with E-state index in [2.05, 4.69) is 4.72 Å². The number of hydrogen-bond acceptors (Lipinski definition) is 4. The molecule has 0 fully saturated rings. The molecule has 1 amide bonds. The number of aryl methyl sites for hydroxylation is 1. The molecule has 0 aliphatic heterocycles. The van der Waals surface area contributed by atoms with Crippen LogP contribution in [0, 0.1) is 0 Å². The van der Waals surface area contributed by atoms with Crippen molar-refractivity contribution in [3.05, 3.63) is 64.7 Å². The Hall–Kier alpha value is -1.93. The second-order valence-corrected chi connectivity index (χ2v) is 9.41. The smallest absolute Gasteiger partial charge is 0.255 e. The second kappa shape index (κ2) is 11.5. The van der Waals surface area contributed by atoms with Gasteiger partial charge in [-0.05, 0) is 50.5 Å². The van der Waals surface area contributed by atoms with Gasteiger partial charge in [0.15, 0.2) is 0 Å². The highest BCUT2D eigenvalue weighted by molar-refractivity contribution is 7.89. The van der Waals surface area contributed by atoms with E-state index in [0.717, 1.165) is 12.8 Å². The molecule has 1 N–H and O–H groups in total. The minimum Gasteiger partial charge on any atom is -0.383 e. The Morgan fingerprint density at radius 3 is 2.47 bits per heavy atom. The van der Waals surface area contributed by atoms with E-state index in [1.54, 1.807) is 25.9 Å². The minimum atomic E-state index is -3.73. The van der Waals surface area contributed by atoms with Crippen LogP contribution in [-0.4, -0.2) is 52.1 Å². The van der Waals surface area contributed by atoms with E-state index in [0.29, 0.717) is 19.7 Å². The fourth-order valence-electron chi connectivity index (χ4n) is 3.02. The van der Waals surface area contributed by atoms with E-state index in [9.17, 15) is 13.2 Å². The number of nitrogens with zero attached hydrogens (tertiary/aromatic N) is 1. The molecule has 0 saturated carbocycles. The van der Waals surface area contributed by atoms with E-state index >= 15 is 0 Å². The zero-order valence-corrected chi connectivity index (χ0v) is 19.2. The average molecular weight is 453 g/mol. The SMILES string of the molecule is COCCN(CCCc1ccccc1)C(=O)c1cc(S(=O)(=O)NC(C)C)ccc1Cl. The van der Waals surface area contributed by atoms with Crippen LogP contribution in [-0.2, 0) is 21.2 Å². The molecule has 0 saturated heterocycles. The Bertz CT molecular complexity index is 933. The molecular weight excluding hydrogens is 424 g/mol. The first kappa shape index (κ1) is 24.3. The Morgan fingerprint density at radius 1 is 1.13 bits per heavy atom. The molecule has 0 aliphatic carbocycles. The first-order chi connectivity index (χ1) is 14.2. The summed E-state index contributed by atoms with van der Waals surface area (Å²) in [6.07, 6.45) is 1.60. The third-order valence-electron chi connectivity index (χ3n) is 4.46. The van der Waals surface area contributed by atoms with E-state index < -0.39 is 10.0 Å². The van der Waals surface area contributed by atoms with Gasteiger partial charge in [0.1, 0.15) is 0 Å². The number of halogens is 1. The van der Waals surface area contributed by atoms with Gasteiger partial charge in [0.2, 0.25) is 10.0 Å². The molecule has 6 nitrogen and oxygen atoms in total. The van der Waals surface area contributed by atoms with E-state index in [1.807, 2.05) is 30.3 Å². The Balaban J connectivity index is 2.20. The first-order valence-corrected chi connectivity index (χ1v) is 11.7. The summed E-state index contributed by atoms with van der Waals surface area (Å²) in [6.45, 7) is 4.75. The van der Waals surface area contributed by atoms with Crippen molar-refractivity contribution in [3.63, 3.8) is 0 Å². The highest BCUT2D eigenvalue weighted by atomic mass is 35.5.